The molecule has 0 aliphatic carbocycles. The summed E-state index contributed by atoms with van der Waals surface area (Å²) >= 11 is 5.75. The summed E-state index contributed by atoms with van der Waals surface area (Å²) in [6, 6.07) is 0. The van der Waals surface area contributed by atoms with Gasteiger partial charge in [0.15, 0.2) is 5.03 Å². The summed E-state index contributed by atoms with van der Waals surface area (Å²) in [6.45, 7) is 0.898. The van der Waals surface area contributed by atoms with Crippen molar-refractivity contribution < 1.29 is 8.42 Å². The predicted molar refractivity (Wildman–Crippen MR) is 68.9 cm³/mol. The highest BCUT2D eigenvalue weighted by molar-refractivity contribution is 7.89. The molecule has 1 rings (SSSR count). The molecule has 0 saturated heterocycles. The molecule has 0 atom stereocenters. The van der Waals surface area contributed by atoms with Crippen molar-refractivity contribution in [1.29, 1.82) is 0 Å². The van der Waals surface area contributed by atoms with Gasteiger partial charge in [0.25, 0.3) is 10.0 Å². The van der Waals surface area contributed by atoms with Gasteiger partial charge >= 0.3 is 0 Å². The second-order valence-corrected chi connectivity index (χ2v) is 5.40. The number of nitrogens with one attached hydrogen (secondary N) is 1. The molecule has 0 amide bonds. The summed E-state index contributed by atoms with van der Waals surface area (Å²) in [6.07, 6.45) is 2.78. The van der Waals surface area contributed by atoms with Gasteiger partial charge in [0.05, 0.1) is 11.2 Å². The van der Waals surface area contributed by atoms with Crippen LogP contribution in [0.25, 0.3) is 0 Å². The van der Waals surface area contributed by atoms with E-state index in [1.165, 1.54) is 17.9 Å². The largest absolute Gasteiger partial charge is 0.330 e. The smallest absolute Gasteiger partial charge is 0.259 e. The average molecular weight is 303 g/mol. The number of hydrogen-bond acceptors (Lipinski definition) is 4. The predicted octanol–water partition coefficient (Wildman–Crippen LogP) is 0.513. The van der Waals surface area contributed by atoms with Gasteiger partial charge in [0.1, 0.15) is 0 Å². The standard InChI is InChI=1S/C8H15ClN4O2S.ClH/c1-13-8(7(9)6-11-13)16(14,15)12-5-3-2-4-10;/h6,12H,2-5,10H2,1H3;1H. The van der Waals surface area contributed by atoms with E-state index >= 15 is 0 Å². The Morgan fingerprint density at radius 1 is 1.53 bits per heavy atom. The van der Waals surface area contributed by atoms with E-state index in [0.29, 0.717) is 19.5 Å². The van der Waals surface area contributed by atoms with Crippen LogP contribution in [0.3, 0.4) is 0 Å². The molecule has 1 aromatic heterocycles. The minimum Gasteiger partial charge on any atom is -0.330 e. The molecule has 6 nitrogen and oxygen atoms in total. The minimum absolute atomic E-state index is 0. The maximum Gasteiger partial charge on any atom is 0.259 e. The van der Waals surface area contributed by atoms with E-state index in [1.807, 2.05) is 0 Å². The van der Waals surface area contributed by atoms with Gasteiger partial charge < -0.3 is 5.73 Å². The number of nitrogens with zero attached hydrogens (tertiary/aromatic N) is 2. The summed E-state index contributed by atoms with van der Waals surface area (Å²) in [5.74, 6) is 0. The highest BCUT2D eigenvalue weighted by Gasteiger charge is 2.21. The van der Waals surface area contributed by atoms with E-state index in [-0.39, 0.29) is 22.5 Å². The Hall–Kier alpha value is -0.340. The lowest BCUT2D eigenvalue weighted by molar-refractivity contribution is 0.559. The molecule has 1 aromatic rings. The quantitative estimate of drug-likeness (QED) is 0.749. The number of halogens is 2. The van der Waals surface area contributed by atoms with E-state index in [0.717, 1.165) is 6.42 Å². The monoisotopic (exact) mass is 302 g/mol. The van der Waals surface area contributed by atoms with E-state index < -0.39 is 10.0 Å². The first kappa shape index (κ1) is 16.7. The van der Waals surface area contributed by atoms with Gasteiger partial charge in [-0.25, -0.2) is 13.1 Å². The van der Waals surface area contributed by atoms with Crippen LogP contribution in [0.15, 0.2) is 11.2 Å². The van der Waals surface area contributed by atoms with Gasteiger partial charge in [-0.15, -0.1) is 12.4 Å². The molecule has 0 radical (unpaired) electrons. The Bertz CT molecular complexity index is 427. The minimum atomic E-state index is -3.58. The van der Waals surface area contributed by atoms with E-state index in [1.54, 1.807) is 0 Å². The lowest BCUT2D eigenvalue weighted by atomic mass is 10.3. The van der Waals surface area contributed by atoms with Crippen LogP contribution in [0, 0.1) is 0 Å². The average Bonchev–Trinajstić information content (AvgIpc) is 2.54. The lowest BCUT2D eigenvalue weighted by Crippen LogP contribution is -2.27. The summed E-state index contributed by atoms with van der Waals surface area (Å²) in [7, 11) is -2.05. The third-order valence-electron chi connectivity index (χ3n) is 2.02. The van der Waals surface area contributed by atoms with E-state index in [9.17, 15) is 8.42 Å². The summed E-state index contributed by atoms with van der Waals surface area (Å²) < 4.78 is 27.3. The zero-order chi connectivity index (χ0) is 12.2. The van der Waals surface area contributed by atoms with Crippen LogP contribution in [0.5, 0.6) is 0 Å². The zero-order valence-corrected chi connectivity index (χ0v) is 11.8. The zero-order valence-electron chi connectivity index (χ0n) is 9.39. The van der Waals surface area contributed by atoms with Crippen molar-refractivity contribution in [2.24, 2.45) is 12.8 Å². The first-order valence-corrected chi connectivity index (χ1v) is 6.72. The van der Waals surface area contributed by atoms with Crippen molar-refractivity contribution in [2.75, 3.05) is 13.1 Å². The number of aromatic nitrogens is 2. The molecular formula is C8H16Cl2N4O2S. The van der Waals surface area contributed by atoms with Crippen molar-refractivity contribution in [3.63, 3.8) is 0 Å². The van der Waals surface area contributed by atoms with Crippen LogP contribution in [-0.2, 0) is 17.1 Å². The highest BCUT2D eigenvalue weighted by atomic mass is 35.5. The van der Waals surface area contributed by atoms with E-state index in [2.05, 4.69) is 9.82 Å². The molecule has 100 valence electrons. The molecule has 0 spiro atoms. The van der Waals surface area contributed by atoms with E-state index in [4.69, 9.17) is 17.3 Å². The van der Waals surface area contributed by atoms with Gasteiger partial charge in [-0.3, -0.25) is 4.68 Å². The van der Waals surface area contributed by atoms with Crippen LogP contribution in [0.1, 0.15) is 12.8 Å². The number of unbranched alkanes of at least 4 members (excludes halogenated alkanes) is 1. The number of hydrogen-bond donors (Lipinski definition) is 2. The fourth-order valence-corrected chi connectivity index (χ4v) is 2.97. The van der Waals surface area contributed by atoms with Crippen LogP contribution in [-0.4, -0.2) is 31.3 Å². The van der Waals surface area contributed by atoms with Gasteiger partial charge in [-0.2, -0.15) is 5.10 Å². The van der Waals surface area contributed by atoms with Crippen LogP contribution in [0.2, 0.25) is 5.02 Å². The van der Waals surface area contributed by atoms with Crippen LogP contribution >= 0.6 is 24.0 Å². The molecule has 1 heterocycles. The number of rotatable bonds is 6. The number of sulfonamides is 1. The second-order valence-electron chi connectivity index (χ2n) is 3.31. The van der Waals surface area contributed by atoms with Crippen molar-refractivity contribution in [1.82, 2.24) is 14.5 Å². The van der Waals surface area contributed by atoms with Gasteiger partial charge in [-0.05, 0) is 19.4 Å². The molecule has 17 heavy (non-hydrogen) atoms. The van der Waals surface area contributed by atoms with Crippen molar-refractivity contribution >= 4 is 34.0 Å². The fraction of sp³-hybridized carbons (Fsp3) is 0.625. The molecule has 0 aromatic carbocycles. The van der Waals surface area contributed by atoms with Crippen molar-refractivity contribution in [2.45, 2.75) is 17.9 Å². The molecule has 0 saturated carbocycles. The van der Waals surface area contributed by atoms with Crippen molar-refractivity contribution in [3.8, 4) is 0 Å². The van der Waals surface area contributed by atoms with Crippen LogP contribution in [0.4, 0.5) is 0 Å². The Labute approximate surface area is 112 Å². The normalized spacial score (nSPS) is 11.2. The van der Waals surface area contributed by atoms with Gasteiger partial charge in [-0.1, -0.05) is 11.6 Å². The molecule has 9 heteroatoms. The summed E-state index contributed by atoms with van der Waals surface area (Å²) in [4.78, 5) is 0. The number of aryl methyl sites for hydroxylation is 1. The Balaban J connectivity index is 0.00000256. The third-order valence-corrected chi connectivity index (χ3v) is 3.99. The van der Waals surface area contributed by atoms with Gasteiger partial charge in [0, 0.05) is 13.6 Å². The summed E-state index contributed by atoms with van der Waals surface area (Å²) in [5.41, 5.74) is 5.31. The Morgan fingerprint density at radius 2 is 2.18 bits per heavy atom. The first-order chi connectivity index (χ1) is 7.49. The maximum absolute atomic E-state index is 11.8. The summed E-state index contributed by atoms with van der Waals surface area (Å²) in [5, 5.41) is 3.88. The molecule has 0 aliphatic rings. The molecule has 0 fully saturated rings. The molecule has 0 unspecified atom stereocenters. The maximum atomic E-state index is 11.8. The highest BCUT2D eigenvalue weighted by Crippen LogP contribution is 2.19. The molecule has 0 aliphatic heterocycles. The molecule has 0 bridgehead atoms. The van der Waals surface area contributed by atoms with Gasteiger partial charge in [0.2, 0.25) is 0 Å². The number of nitrogens with two attached hydrogens (primary N) is 1. The SMILES string of the molecule is Cl.Cn1ncc(Cl)c1S(=O)(=O)NCCCCN. The van der Waals surface area contributed by atoms with Crippen molar-refractivity contribution in [3.05, 3.63) is 11.2 Å². The second kappa shape index (κ2) is 7.17. The lowest BCUT2D eigenvalue weighted by Gasteiger charge is -2.06. The first-order valence-electron chi connectivity index (χ1n) is 4.86. The Morgan fingerprint density at radius 3 is 2.65 bits per heavy atom. The fourth-order valence-electron chi connectivity index (χ4n) is 1.25. The topological polar surface area (TPSA) is 90.0 Å². The molecular weight excluding hydrogens is 287 g/mol. The third kappa shape index (κ3) is 4.44. The van der Waals surface area contributed by atoms with Crippen LogP contribution < -0.4 is 10.5 Å². The molecule has 3 N–H and O–H groups in total. The Kier molecular flexibility index (Phi) is 7.03.